The second-order valence-electron chi connectivity index (χ2n) is 9.13. The maximum Gasteiger partial charge on any atom is 0.251 e. The minimum absolute atomic E-state index is 0.0345. The molecule has 32 heavy (non-hydrogen) atoms. The molecule has 1 aliphatic rings. The number of benzene rings is 2. The van der Waals surface area contributed by atoms with Crippen LogP contribution in [0.25, 0.3) is 16.9 Å². The van der Waals surface area contributed by atoms with Crippen LogP contribution in [-0.4, -0.2) is 29.7 Å². The van der Waals surface area contributed by atoms with Crippen LogP contribution >= 0.6 is 0 Å². The molecule has 2 aromatic carbocycles. The first kappa shape index (κ1) is 22.3. The van der Waals surface area contributed by atoms with Gasteiger partial charge in [0, 0.05) is 30.1 Å². The van der Waals surface area contributed by atoms with Crippen molar-refractivity contribution in [1.82, 2.24) is 9.88 Å². The second-order valence-corrected chi connectivity index (χ2v) is 9.13. The lowest BCUT2D eigenvalue weighted by Crippen LogP contribution is -2.25. The summed E-state index contributed by atoms with van der Waals surface area (Å²) in [5.74, 6) is 0.687. The number of nitrogens with one attached hydrogen (secondary N) is 1. The summed E-state index contributed by atoms with van der Waals surface area (Å²) in [6, 6.07) is 21.0. The van der Waals surface area contributed by atoms with Crippen molar-refractivity contribution in [3.63, 3.8) is 0 Å². The number of carbonyl (C=O) groups excluding carboxylic acids is 1. The molecule has 168 valence electrons. The van der Waals surface area contributed by atoms with E-state index in [-0.39, 0.29) is 12.0 Å². The molecule has 1 atom stereocenters. The maximum absolute atomic E-state index is 12.5. The van der Waals surface area contributed by atoms with E-state index < -0.39 is 0 Å². The van der Waals surface area contributed by atoms with E-state index in [1.807, 2.05) is 26.0 Å². The smallest absolute Gasteiger partial charge is 0.251 e. The standard InChI is InChI=1S/C28H34N2O2/c1-20(2)32-17-7-16-29-28(31)23-11-13-25(14-12-23)30-26-15-10-21(3)18-24(26)19-27(30)22-8-5-4-6-9-22/h4-6,8-9,11-14,19-21H,7,10,15-18H2,1-3H3,(H,29,31)/t21-/m1/s1. The van der Waals surface area contributed by atoms with Gasteiger partial charge in [-0.1, -0.05) is 37.3 Å². The number of fused-ring (bicyclic) bond motifs is 1. The fourth-order valence-corrected chi connectivity index (χ4v) is 4.48. The molecule has 0 bridgehead atoms. The Balaban J connectivity index is 1.54. The third-order valence-corrected chi connectivity index (χ3v) is 6.15. The van der Waals surface area contributed by atoms with Crippen LogP contribution in [0.1, 0.15) is 55.2 Å². The molecule has 1 aromatic heterocycles. The van der Waals surface area contributed by atoms with Crippen LogP contribution in [0, 0.1) is 5.92 Å². The SMILES string of the molecule is CC(C)OCCCNC(=O)c1ccc(-n2c(-c3ccccc3)cc3c2CC[C@@H](C)C3)cc1. The number of rotatable bonds is 8. The Kier molecular flexibility index (Phi) is 7.11. The van der Waals surface area contributed by atoms with Crippen molar-refractivity contribution in [3.05, 3.63) is 77.5 Å². The molecule has 0 aliphatic heterocycles. The minimum Gasteiger partial charge on any atom is -0.379 e. The molecule has 0 radical (unpaired) electrons. The van der Waals surface area contributed by atoms with Crippen LogP contribution in [0.3, 0.4) is 0 Å². The van der Waals surface area contributed by atoms with Gasteiger partial charge in [-0.25, -0.2) is 0 Å². The molecule has 4 nitrogen and oxygen atoms in total. The average molecular weight is 431 g/mol. The number of carbonyl (C=O) groups is 1. The summed E-state index contributed by atoms with van der Waals surface area (Å²) in [5, 5.41) is 2.99. The molecule has 4 heteroatoms. The summed E-state index contributed by atoms with van der Waals surface area (Å²) >= 11 is 0. The lowest BCUT2D eigenvalue weighted by atomic mass is 9.89. The van der Waals surface area contributed by atoms with E-state index in [2.05, 4.69) is 65.3 Å². The molecule has 0 saturated heterocycles. The summed E-state index contributed by atoms with van der Waals surface area (Å²) < 4.78 is 7.92. The fourth-order valence-electron chi connectivity index (χ4n) is 4.48. The van der Waals surface area contributed by atoms with Crippen LogP contribution in [0.15, 0.2) is 60.7 Å². The number of aromatic nitrogens is 1. The van der Waals surface area contributed by atoms with E-state index >= 15 is 0 Å². The van der Waals surface area contributed by atoms with Gasteiger partial charge in [0.05, 0.1) is 11.8 Å². The molecule has 1 aliphatic carbocycles. The summed E-state index contributed by atoms with van der Waals surface area (Å²) in [6.07, 6.45) is 4.47. The molecule has 1 N–H and O–H groups in total. The van der Waals surface area contributed by atoms with Crippen molar-refractivity contribution in [2.75, 3.05) is 13.2 Å². The predicted octanol–water partition coefficient (Wildman–Crippen LogP) is 5.81. The third-order valence-electron chi connectivity index (χ3n) is 6.15. The Morgan fingerprint density at radius 3 is 2.59 bits per heavy atom. The van der Waals surface area contributed by atoms with Gasteiger partial charge in [0.1, 0.15) is 0 Å². The normalized spacial score (nSPS) is 15.6. The van der Waals surface area contributed by atoms with Crippen LogP contribution in [-0.2, 0) is 17.6 Å². The first-order valence-electron chi connectivity index (χ1n) is 11.8. The molecular formula is C28H34N2O2. The van der Waals surface area contributed by atoms with Crippen LogP contribution < -0.4 is 5.32 Å². The highest BCUT2D eigenvalue weighted by atomic mass is 16.5. The highest BCUT2D eigenvalue weighted by Gasteiger charge is 2.23. The van der Waals surface area contributed by atoms with E-state index in [4.69, 9.17) is 4.74 Å². The molecule has 1 amide bonds. The van der Waals surface area contributed by atoms with E-state index in [1.54, 1.807) is 0 Å². The average Bonchev–Trinajstić information content (AvgIpc) is 3.17. The zero-order chi connectivity index (χ0) is 22.5. The number of amides is 1. The van der Waals surface area contributed by atoms with Crippen LogP contribution in [0.2, 0.25) is 0 Å². The van der Waals surface area contributed by atoms with Gasteiger partial charge in [0.25, 0.3) is 5.91 Å². The topological polar surface area (TPSA) is 43.3 Å². The van der Waals surface area contributed by atoms with Gasteiger partial charge in [-0.2, -0.15) is 0 Å². The van der Waals surface area contributed by atoms with Gasteiger partial charge in [-0.3, -0.25) is 4.79 Å². The lowest BCUT2D eigenvalue weighted by molar-refractivity contribution is 0.0757. The molecule has 0 fully saturated rings. The zero-order valence-electron chi connectivity index (χ0n) is 19.4. The maximum atomic E-state index is 12.5. The molecule has 4 rings (SSSR count). The quantitative estimate of drug-likeness (QED) is 0.458. The van der Waals surface area contributed by atoms with Gasteiger partial charge in [0.2, 0.25) is 0 Å². The number of hydrogen-bond acceptors (Lipinski definition) is 2. The van der Waals surface area contributed by atoms with Gasteiger partial charge < -0.3 is 14.6 Å². The van der Waals surface area contributed by atoms with Gasteiger partial charge in [0.15, 0.2) is 0 Å². The Morgan fingerprint density at radius 1 is 1.12 bits per heavy atom. The minimum atomic E-state index is -0.0345. The van der Waals surface area contributed by atoms with Gasteiger partial charge in [-0.05, 0) is 86.9 Å². The molecule has 1 heterocycles. The highest BCUT2D eigenvalue weighted by molar-refractivity contribution is 5.94. The van der Waals surface area contributed by atoms with Crippen LogP contribution in [0.5, 0.6) is 0 Å². The monoisotopic (exact) mass is 430 g/mol. The lowest BCUT2D eigenvalue weighted by Gasteiger charge is -2.21. The first-order valence-corrected chi connectivity index (χ1v) is 11.8. The largest absolute Gasteiger partial charge is 0.379 e. The number of hydrogen-bond donors (Lipinski definition) is 1. The van der Waals surface area contributed by atoms with E-state index in [1.165, 1.54) is 28.9 Å². The molecule has 0 saturated carbocycles. The fraction of sp³-hybridized carbons (Fsp3) is 0.393. The van der Waals surface area contributed by atoms with Gasteiger partial charge >= 0.3 is 0 Å². The van der Waals surface area contributed by atoms with Gasteiger partial charge in [-0.15, -0.1) is 0 Å². The van der Waals surface area contributed by atoms with E-state index in [0.717, 1.165) is 30.9 Å². The second kappa shape index (κ2) is 10.2. The molecule has 0 unspecified atom stereocenters. The first-order chi connectivity index (χ1) is 15.5. The van der Waals surface area contributed by atoms with Crippen molar-refractivity contribution in [2.45, 2.75) is 52.6 Å². The van der Waals surface area contributed by atoms with Crippen LogP contribution in [0.4, 0.5) is 0 Å². The Bertz CT molecular complexity index is 1040. The van der Waals surface area contributed by atoms with E-state index in [0.29, 0.717) is 18.7 Å². The van der Waals surface area contributed by atoms with Crippen molar-refractivity contribution in [2.24, 2.45) is 5.92 Å². The van der Waals surface area contributed by atoms with Crippen molar-refractivity contribution in [3.8, 4) is 16.9 Å². The summed E-state index contributed by atoms with van der Waals surface area (Å²) in [5.41, 5.74) is 7.11. The third kappa shape index (κ3) is 5.13. The predicted molar refractivity (Wildman–Crippen MR) is 130 cm³/mol. The Labute approximate surface area is 191 Å². The molecular weight excluding hydrogens is 396 g/mol. The Morgan fingerprint density at radius 2 is 1.88 bits per heavy atom. The Hall–Kier alpha value is -2.85. The summed E-state index contributed by atoms with van der Waals surface area (Å²) in [6.45, 7) is 7.66. The van der Waals surface area contributed by atoms with E-state index in [9.17, 15) is 4.79 Å². The number of ether oxygens (including phenoxy) is 1. The van der Waals surface area contributed by atoms with Crippen molar-refractivity contribution in [1.29, 1.82) is 0 Å². The van der Waals surface area contributed by atoms with Crippen molar-refractivity contribution >= 4 is 5.91 Å². The number of nitrogens with zero attached hydrogens (tertiary/aromatic N) is 1. The zero-order valence-corrected chi connectivity index (χ0v) is 19.4. The summed E-state index contributed by atoms with van der Waals surface area (Å²) in [7, 11) is 0. The highest BCUT2D eigenvalue weighted by Crippen LogP contribution is 2.35. The molecule has 0 spiro atoms. The molecule has 3 aromatic rings. The summed E-state index contributed by atoms with van der Waals surface area (Å²) in [4.78, 5) is 12.5. The van der Waals surface area contributed by atoms with Crippen molar-refractivity contribution < 1.29 is 9.53 Å².